The minimum atomic E-state index is 0.422. The van der Waals surface area contributed by atoms with Crippen LogP contribution in [0.5, 0.6) is 0 Å². The van der Waals surface area contributed by atoms with Crippen LogP contribution < -0.4 is 5.43 Å². The number of benzene rings is 2. The molecule has 0 saturated carbocycles. The summed E-state index contributed by atoms with van der Waals surface area (Å²) < 4.78 is 0.741. The van der Waals surface area contributed by atoms with Crippen LogP contribution in [-0.4, -0.2) is 4.62 Å². The summed E-state index contributed by atoms with van der Waals surface area (Å²) in [6, 6.07) is 13.2. The van der Waals surface area contributed by atoms with E-state index < -0.39 is 0 Å². The van der Waals surface area contributed by atoms with E-state index in [1.54, 1.807) is 12.1 Å². The molecule has 0 unspecified atom stereocenters. The maximum absolute atomic E-state index is 6.06. The van der Waals surface area contributed by atoms with Gasteiger partial charge in [0, 0.05) is 11.4 Å². The highest BCUT2D eigenvalue weighted by Crippen LogP contribution is 2.33. The molecule has 2 aromatic rings. The molecule has 0 spiro atoms. The predicted molar refractivity (Wildman–Crippen MR) is 91.6 cm³/mol. The average Bonchev–Trinajstić information content (AvgIpc) is 2.38. The third kappa shape index (κ3) is 4.38. The van der Waals surface area contributed by atoms with Gasteiger partial charge in [0.15, 0.2) is 0 Å². The molecule has 6 heteroatoms. The van der Waals surface area contributed by atoms with E-state index in [0.29, 0.717) is 27.2 Å². The van der Waals surface area contributed by atoms with Gasteiger partial charge in [0.05, 0.1) is 15.7 Å². The molecule has 1 N–H and O–H groups in total. The minimum Gasteiger partial charge on any atom is -0.275 e. The van der Waals surface area contributed by atoms with Crippen molar-refractivity contribution >= 4 is 61.0 Å². The van der Waals surface area contributed by atoms with Gasteiger partial charge in [0.25, 0.3) is 0 Å². The molecule has 0 amide bonds. The second-order valence-corrected chi connectivity index (χ2v) is 6.17. The van der Waals surface area contributed by atoms with Crippen molar-refractivity contribution in [2.45, 2.75) is 6.42 Å². The summed E-state index contributed by atoms with van der Waals surface area (Å²) in [6.45, 7) is 0. The molecule has 2 rings (SSSR count). The Labute approximate surface area is 140 Å². The molecule has 0 radical (unpaired) electrons. The van der Waals surface area contributed by atoms with E-state index in [1.807, 2.05) is 30.3 Å². The Bertz CT molecular complexity index is 607. The first-order chi connectivity index (χ1) is 9.56. The van der Waals surface area contributed by atoms with Crippen LogP contribution in [0.1, 0.15) is 5.56 Å². The van der Waals surface area contributed by atoms with Crippen molar-refractivity contribution in [2.24, 2.45) is 5.10 Å². The molecule has 0 fully saturated rings. The molecule has 0 bridgehead atoms. The zero-order chi connectivity index (χ0) is 14.5. The maximum atomic E-state index is 6.06. The zero-order valence-corrected chi connectivity index (χ0v) is 14.1. The Balaban J connectivity index is 2.09. The van der Waals surface area contributed by atoms with Gasteiger partial charge in [-0.05, 0) is 33.6 Å². The lowest BCUT2D eigenvalue weighted by atomic mass is 10.2. The predicted octanol–water partition coefficient (Wildman–Crippen LogP) is 6.01. The van der Waals surface area contributed by atoms with Crippen molar-refractivity contribution < 1.29 is 0 Å². The van der Waals surface area contributed by atoms with E-state index in [1.165, 1.54) is 0 Å². The topological polar surface area (TPSA) is 24.4 Å². The smallest absolute Gasteiger partial charge is 0.108 e. The molecule has 2 aromatic carbocycles. The molecular weight excluding hydrogens is 382 g/mol. The van der Waals surface area contributed by atoms with Crippen LogP contribution in [0.25, 0.3) is 0 Å². The molecule has 0 aliphatic rings. The van der Waals surface area contributed by atoms with Crippen LogP contribution in [0.4, 0.5) is 5.69 Å². The third-order valence-corrected chi connectivity index (χ3v) is 3.76. The first-order valence-corrected chi connectivity index (χ1v) is 7.65. The van der Waals surface area contributed by atoms with Gasteiger partial charge in [-0.2, -0.15) is 5.10 Å². The molecule has 0 heterocycles. The normalized spacial score (nSPS) is 11.5. The lowest BCUT2D eigenvalue weighted by molar-refractivity contribution is 1.28. The summed E-state index contributed by atoms with van der Waals surface area (Å²) in [5.74, 6) is 0. The minimum absolute atomic E-state index is 0.422. The van der Waals surface area contributed by atoms with Crippen LogP contribution in [0, 0.1) is 0 Å². The van der Waals surface area contributed by atoms with Crippen LogP contribution >= 0.6 is 50.7 Å². The Morgan fingerprint density at radius 2 is 1.65 bits per heavy atom. The second-order valence-electron chi connectivity index (χ2n) is 4.01. The highest BCUT2D eigenvalue weighted by molar-refractivity contribution is 9.18. The first-order valence-electron chi connectivity index (χ1n) is 5.73. The van der Waals surface area contributed by atoms with E-state index in [4.69, 9.17) is 34.8 Å². The molecule has 0 saturated heterocycles. The summed E-state index contributed by atoms with van der Waals surface area (Å²) in [6.07, 6.45) is 0.677. The fourth-order valence-corrected chi connectivity index (χ4v) is 2.88. The van der Waals surface area contributed by atoms with Gasteiger partial charge in [0.1, 0.15) is 4.62 Å². The van der Waals surface area contributed by atoms with Crippen molar-refractivity contribution in [3.8, 4) is 0 Å². The molecule has 104 valence electrons. The highest BCUT2D eigenvalue weighted by atomic mass is 79.9. The van der Waals surface area contributed by atoms with E-state index in [2.05, 4.69) is 26.5 Å². The van der Waals surface area contributed by atoms with Gasteiger partial charge in [0.2, 0.25) is 0 Å². The van der Waals surface area contributed by atoms with Crippen LogP contribution in [-0.2, 0) is 6.42 Å². The van der Waals surface area contributed by atoms with E-state index in [9.17, 15) is 0 Å². The van der Waals surface area contributed by atoms with Crippen molar-refractivity contribution in [2.75, 3.05) is 5.43 Å². The van der Waals surface area contributed by atoms with Gasteiger partial charge in [-0.15, -0.1) is 0 Å². The molecule has 2 nitrogen and oxygen atoms in total. The number of hydrogen-bond acceptors (Lipinski definition) is 2. The Kier molecular flexibility index (Phi) is 5.73. The van der Waals surface area contributed by atoms with Crippen molar-refractivity contribution in [3.05, 3.63) is 63.1 Å². The molecule has 20 heavy (non-hydrogen) atoms. The van der Waals surface area contributed by atoms with Gasteiger partial charge < -0.3 is 0 Å². The molecule has 0 aliphatic carbocycles. The lowest BCUT2D eigenvalue weighted by Gasteiger charge is -2.07. The zero-order valence-electron chi connectivity index (χ0n) is 10.2. The van der Waals surface area contributed by atoms with E-state index in [-0.39, 0.29) is 0 Å². The molecular formula is C14H10BrCl3N2. The average molecular weight is 393 g/mol. The SMILES string of the molecule is Clc1cc(Cl)c(N/N=C(/Br)Cc2ccccc2)c(Cl)c1. The molecule has 0 aromatic heterocycles. The summed E-state index contributed by atoms with van der Waals surface area (Å²) in [4.78, 5) is 0. The Hall–Kier alpha value is -0.740. The van der Waals surface area contributed by atoms with Crippen LogP contribution in [0.15, 0.2) is 47.6 Å². The van der Waals surface area contributed by atoms with Crippen molar-refractivity contribution in [1.82, 2.24) is 0 Å². The number of hydrogen-bond donors (Lipinski definition) is 1. The number of anilines is 1. The second kappa shape index (κ2) is 7.32. The van der Waals surface area contributed by atoms with Gasteiger partial charge in [-0.3, -0.25) is 5.43 Å². The Morgan fingerprint density at radius 3 is 2.25 bits per heavy atom. The highest BCUT2D eigenvalue weighted by Gasteiger charge is 2.07. The lowest BCUT2D eigenvalue weighted by Crippen LogP contribution is -1.99. The number of nitrogens with one attached hydrogen (secondary N) is 1. The van der Waals surface area contributed by atoms with Gasteiger partial charge >= 0.3 is 0 Å². The van der Waals surface area contributed by atoms with Crippen molar-refractivity contribution in [1.29, 1.82) is 0 Å². The van der Waals surface area contributed by atoms with E-state index in [0.717, 1.165) is 10.2 Å². The summed E-state index contributed by atoms with van der Waals surface area (Å²) in [7, 11) is 0. The Morgan fingerprint density at radius 1 is 1.05 bits per heavy atom. The number of nitrogens with zero attached hydrogens (tertiary/aromatic N) is 1. The van der Waals surface area contributed by atoms with Gasteiger partial charge in [-0.25, -0.2) is 0 Å². The largest absolute Gasteiger partial charge is 0.275 e. The number of halogens is 4. The molecule has 0 atom stereocenters. The standard InChI is InChI=1S/C14H10BrCl3N2/c15-13(6-9-4-2-1-3-5-9)19-20-14-11(17)7-10(16)8-12(14)18/h1-5,7-8,20H,6H2/b19-13+. The number of hydrazone groups is 1. The maximum Gasteiger partial charge on any atom is 0.108 e. The van der Waals surface area contributed by atoms with Crippen molar-refractivity contribution in [3.63, 3.8) is 0 Å². The number of rotatable bonds is 4. The molecule has 0 aliphatic heterocycles. The van der Waals surface area contributed by atoms with Gasteiger partial charge in [-0.1, -0.05) is 65.1 Å². The monoisotopic (exact) mass is 390 g/mol. The summed E-state index contributed by atoms with van der Waals surface area (Å²) in [5.41, 5.74) is 4.53. The quantitative estimate of drug-likeness (QED) is 0.500. The summed E-state index contributed by atoms with van der Waals surface area (Å²) >= 11 is 21.4. The fraction of sp³-hybridized carbons (Fsp3) is 0.0714. The first kappa shape index (κ1) is 15.6. The van der Waals surface area contributed by atoms with Crippen LogP contribution in [0.3, 0.4) is 0 Å². The third-order valence-electron chi connectivity index (χ3n) is 2.49. The van der Waals surface area contributed by atoms with Crippen LogP contribution in [0.2, 0.25) is 15.1 Å². The fourth-order valence-electron chi connectivity index (χ4n) is 1.57. The summed E-state index contributed by atoms with van der Waals surface area (Å²) in [5, 5.41) is 5.54. The van der Waals surface area contributed by atoms with E-state index >= 15 is 0 Å².